The highest BCUT2D eigenvalue weighted by Crippen LogP contribution is 2.55. The van der Waals surface area contributed by atoms with Gasteiger partial charge in [0.25, 0.3) is 0 Å². The average Bonchev–Trinajstić information content (AvgIpc) is 3.59. The lowest BCUT2D eigenvalue weighted by Gasteiger charge is -2.42. The van der Waals surface area contributed by atoms with Crippen LogP contribution < -0.4 is 4.90 Å². The Morgan fingerprint density at radius 1 is 0.911 bits per heavy atom. The van der Waals surface area contributed by atoms with Gasteiger partial charge in [-0.3, -0.25) is 24.1 Å². The number of amides is 2. The van der Waals surface area contributed by atoms with Crippen molar-refractivity contribution in [1.82, 2.24) is 4.98 Å². The van der Waals surface area contributed by atoms with Gasteiger partial charge in [-0.15, -0.1) is 0 Å². The molecule has 4 unspecified atom stereocenters. The maximum atomic E-state index is 14.2. The van der Waals surface area contributed by atoms with E-state index < -0.39 is 23.7 Å². The Bertz CT molecular complexity index is 2060. The summed E-state index contributed by atoms with van der Waals surface area (Å²) < 4.78 is 5.89. The van der Waals surface area contributed by atoms with Crippen molar-refractivity contribution in [3.63, 3.8) is 0 Å². The molecule has 4 aliphatic rings. The second-order valence-electron chi connectivity index (χ2n) is 12.3. The topological polar surface area (TPSA) is 118 Å². The van der Waals surface area contributed by atoms with E-state index in [1.807, 2.05) is 36.4 Å². The molecule has 8 nitrogen and oxygen atoms in total. The number of imide groups is 1. The Labute approximate surface area is 258 Å². The molecule has 8 rings (SSSR count). The number of Topliss-reactive ketones (excluding diaryl/α,β-unsaturated/α-hetero) is 1. The molecule has 0 saturated carbocycles. The fraction of sp³-hybridized carbons (Fsp3) is 0.216. The van der Waals surface area contributed by atoms with Crippen LogP contribution in [0.3, 0.4) is 0 Å². The van der Waals surface area contributed by atoms with Crippen LogP contribution in [0.5, 0.6) is 5.75 Å². The third kappa shape index (κ3) is 4.01. The van der Waals surface area contributed by atoms with Gasteiger partial charge < -0.3 is 9.52 Å². The molecular formula is C37H28N2O6. The number of aromatic hydroxyl groups is 1. The van der Waals surface area contributed by atoms with Crippen LogP contribution in [0.15, 0.2) is 106 Å². The first-order valence-corrected chi connectivity index (χ1v) is 15.0. The summed E-state index contributed by atoms with van der Waals surface area (Å²) in [5.41, 5.74) is 6.12. The molecule has 45 heavy (non-hydrogen) atoms. The van der Waals surface area contributed by atoms with Crippen LogP contribution in [-0.2, 0) is 19.2 Å². The first-order chi connectivity index (χ1) is 21.7. The van der Waals surface area contributed by atoms with Gasteiger partial charge in [-0.05, 0) is 92.3 Å². The molecule has 222 valence electrons. The molecule has 2 amide bonds. The fourth-order valence-electron chi connectivity index (χ4n) is 7.60. The first-order valence-electron chi connectivity index (χ1n) is 15.0. The number of ketones is 2. The number of aromatic nitrogens is 1. The van der Waals surface area contributed by atoms with Crippen molar-refractivity contribution in [3.8, 4) is 17.2 Å². The van der Waals surface area contributed by atoms with Crippen LogP contribution in [0.1, 0.15) is 36.8 Å². The number of benzene rings is 3. The van der Waals surface area contributed by atoms with Crippen molar-refractivity contribution in [2.75, 3.05) is 4.90 Å². The van der Waals surface area contributed by atoms with Gasteiger partial charge in [0.1, 0.15) is 11.3 Å². The van der Waals surface area contributed by atoms with Crippen LogP contribution >= 0.6 is 0 Å². The van der Waals surface area contributed by atoms with Crippen molar-refractivity contribution < 1.29 is 28.7 Å². The minimum atomic E-state index is -0.668. The standard InChI is InChI=1S/C37H28N2O6/c1-18-15-21(9-14-28(18)40)31-23-12-13-24-32(25(23)17-26-29(41)16-19(2)34(42)33(26)31)37(44)39(36(24)43)22-10-7-20(8-11-22)35-38-27-5-3-4-6-30(27)45-35/h3-12,14-16,24-25,31-32,40H,13,17H2,1-2H3. The first kappa shape index (κ1) is 27.2. The van der Waals surface area contributed by atoms with E-state index in [2.05, 4.69) is 4.98 Å². The molecular weight excluding hydrogens is 568 g/mol. The molecule has 4 atom stereocenters. The Balaban J connectivity index is 1.16. The van der Waals surface area contributed by atoms with Crippen LogP contribution in [0, 0.1) is 24.7 Å². The lowest BCUT2D eigenvalue weighted by Crippen LogP contribution is -2.39. The Kier molecular flexibility index (Phi) is 5.94. The summed E-state index contributed by atoms with van der Waals surface area (Å²) in [4.78, 5) is 60.8. The van der Waals surface area contributed by atoms with Crippen molar-refractivity contribution >= 4 is 40.2 Å². The van der Waals surface area contributed by atoms with E-state index in [1.54, 1.807) is 50.2 Å². The van der Waals surface area contributed by atoms with Gasteiger partial charge in [0.05, 0.1) is 17.5 Å². The SMILES string of the molecule is CC1=CC(=O)C2=C(C1=O)C(c1ccc(O)c(C)c1)C1=CCC3C(=O)N(c4ccc(-c5nc6ccccc6o5)cc4)C(=O)C3C1C2. The summed E-state index contributed by atoms with van der Waals surface area (Å²) in [6, 6.07) is 19.7. The van der Waals surface area contributed by atoms with Crippen LogP contribution in [0.25, 0.3) is 22.6 Å². The molecule has 0 bridgehead atoms. The molecule has 2 heterocycles. The van der Waals surface area contributed by atoms with Gasteiger partial charge in [-0.1, -0.05) is 35.9 Å². The smallest absolute Gasteiger partial charge is 0.238 e. The molecule has 0 radical (unpaired) electrons. The van der Waals surface area contributed by atoms with E-state index in [-0.39, 0.29) is 35.6 Å². The maximum absolute atomic E-state index is 14.2. The Morgan fingerprint density at radius 2 is 1.69 bits per heavy atom. The lowest BCUT2D eigenvalue weighted by molar-refractivity contribution is -0.123. The van der Waals surface area contributed by atoms with Crippen molar-refractivity contribution in [2.24, 2.45) is 17.8 Å². The molecule has 8 heteroatoms. The number of allylic oxidation sites excluding steroid dienone is 6. The normalized spacial score (nSPS) is 24.4. The van der Waals surface area contributed by atoms with Gasteiger partial charge in [-0.25, -0.2) is 4.98 Å². The molecule has 0 spiro atoms. The average molecular weight is 597 g/mol. The zero-order chi connectivity index (χ0) is 31.1. The number of hydrogen-bond donors (Lipinski definition) is 1. The predicted octanol–water partition coefficient (Wildman–Crippen LogP) is 6.14. The number of carbonyl (C=O) groups is 4. The second-order valence-corrected chi connectivity index (χ2v) is 12.3. The lowest BCUT2D eigenvalue weighted by atomic mass is 9.59. The molecule has 1 aliphatic heterocycles. The fourth-order valence-corrected chi connectivity index (χ4v) is 7.60. The van der Waals surface area contributed by atoms with Crippen molar-refractivity contribution in [1.29, 1.82) is 0 Å². The minimum Gasteiger partial charge on any atom is -0.508 e. The van der Waals surface area contributed by atoms with E-state index >= 15 is 0 Å². The van der Waals surface area contributed by atoms with Gasteiger partial charge in [0, 0.05) is 28.2 Å². The second kappa shape index (κ2) is 9.82. The van der Waals surface area contributed by atoms with E-state index in [0.717, 1.165) is 22.2 Å². The summed E-state index contributed by atoms with van der Waals surface area (Å²) in [5, 5.41) is 10.2. The number of para-hydroxylation sites is 2. The number of fused-ring (bicyclic) bond motifs is 4. The van der Waals surface area contributed by atoms with Gasteiger partial charge in [0.15, 0.2) is 17.1 Å². The zero-order valence-electron chi connectivity index (χ0n) is 24.6. The van der Waals surface area contributed by atoms with Gasteiger partial charge in [-0.2, -0.15) is 0 Å². The van der Waals surface area contributed by atoms with E-state index in [0.29, 0.717) is 45.9 Å². The van der Waals surface area contributed by atoms with Crippen LogP contribution in [0.2, 0.25) is 0 Å². The van der Waals surface area contributed by atoms with Crippen molar-refractivity contribution in [3.05, 3.63) is 112 Å². The number of rotatable bonds is 3. The highest BCUT2D eigenvalue weighted by molar-refractivity contribution is 6.25. The molecule has 4 aromatic rings. The van der Waals surface area contributed by atoms with E-state index in [1.165, 1.54) is 11.0 Å². The number of nitrogens with zero attached hydrogens (tertiary/aromatic N) is 2. The number of phenolic OH excluding ortho intramolecular Hbond substituents is 1. The number of carbonyl (C=O) groups excluding carboxylic acids is 4. The number of phenols is 1. The summed E-state index contributed by atoms with van der Waals surface area (Å²) >= 11 is 0. The van der Waals surface area contributed by atoms with Crippen LogP contribution in [0.4, 0.5) is 5.69 Å². The largest absolute Gasteiger partial charge is 0.508 e. The predicted molar refractivity (Wildman–Crippen MR) is 166 cm³/mol. The highest BCUT2D eigenvalue weighted by Gasteiger charge is 2.56. The van der Waals surface area contributed by atoms with E-state index in [4.69, 9.17) is 4.42 Å². The number of hydrogen-bond acceptors (Lipinski definition) is 7. The molecule has 1 N–H and O–H groups in total. The minimum absolute atomic E-state index is 0.134. The van der Waals surface area contributed by atoms with Gasteiger partial charge in [0.2, 0.25) is 17.7 Å². The monoisotopic (exact) mass is 596 g/mol. The third-order valence-electron chi connectivity index (χ3n) is 9.79. The molecule has 1 aromatic heterocycles. The molecule has 3 aliphatic carbocycles. The quantitative estimate of drug-likeness (QED) is 0.171. The number of aryl methyl sites for hydroxylation is 1. The highest BCUT2D eigenvalue weighted by atomic mass is 16.3. The third-order valence-corrected chi connectivity index (χ3v) is 9.79. The Hall–Kier alpha value is -5.37. The molecule has 3 aromatic carbocycles. The molecule has 1 saturated heterocycles. The summed E-state index contributed by atoms with van der Waals surface area (Å²) in [6.07, 6.45) is 3.94. The van der Waals surface area contributed by atoms with Gasteiger partial charge >= 0.3 is 0 Å². The van der Waals surface area contributed by atoms with Crippen molar-refractivity contribution in [2.45, 2.75) is 32.6 Å². The Morgan fingerprint density at radius 3 is 2.44 bits per heavy atom. The zero-order valence-corrected chi connectivity index (χ0v) is 24.6. The summed E-state index contributed by atoms with van der Waals surface area (Å²) in [7, 11) is 0. The van der Waals surface area contributed by atoms with E-state index in [9.17, 15) is 24.3 Å². The number of anilines is 1. The number of oxazole rings is 1. The maximum Gasteiger partial charge on any atom is 0.238 e. The van der Waals surface area contributed by atoms with Crippen LogP contribution in [-0.4, -0.2) is 33.5 Å². The molecule has 1 fully saturated rings. The summed E-state index contributed by atoms with van der Waals surface area (Å²) in [6.45, 7) is 3.43. The summed E-state index contributed by atoms with van der Waals surface area (Å²) in [5.74, 6) is -2.62.